The van der Waals surface area contributed by atoms with Crippen molar-refractivity contribution in [3.63, 3.8) is 0 Å². The van der Waals surface area contributed by atoms with Crippen molar-refractivity contribution in [1.82, 2.24) is 9.88 Å². The van der Waals surface area contributed by atoms with Gasteiger partial charge in [0.15, 0.2) is 0 Å². The number of hydrogen-bond acceptors (Lipinski definition) is 5. The number of carbonyl (C=O) groups is 2. The Morgan fingerprint density at radius 1 is 1.09 bits per heavy atom. The maximum Gasteiger partial charge on any atom is 0.254 e. The van der Waals surface area contributed by atoms with Crippen LogP contribution in [0.5, 0.6) is 5.75 Å². The molecule has 35 heavy (non-hydrogen) atoms. The van der Waals surface area contributed by atoms with Crippen LogP contribution in [-0.4, -0.2) is 47.6 Å². The standard InChI is InChI=1S/C28H29N3O4/c32-27-8-4-15-31(27)24-7-3-5-22(17-24)28(33)30(19-23-6-1-2-14-29-23)18-21-9-11-25(12-10-21)35-26-13-16-34-20-26/h1-3,5-7,9-12,14,17,26H,4,8,13,15-16,18-20H2. The maximum atomic E-state index is 13.7. The Kier molecular flexibility index (Phi) is 7.04. The Bertz CT molecular complexity index is 1160. The summed E-state index contributed by atoms with van der Waals surface area (Å²) in [6.45, 7) is 2.85. The number of benzene rings is 2. The smallest absolute Gasteiger partial charge is 0.254 e. The second-order valence-corrected chi connectivity index (χ2v) is 8.93. The minimum atomic E-state index is -0.104. The molecule has 1 atom stereocenters. The Morgan fingerprint density at radius 2 is 1.97 bits per heavy atom. The Morgan fingerprint density at radius 3 is 2.69 bits per heavy atom. The quantitative estimate of drug-likeness (QED) is 0.492. The van der Waals surface area contributed by atoms with Crippen LogP contribution in [0.1, 0.15) is 40.9 Å². The fourth-order valence-corrected chi connectivity index (χ4v) is 4.49. The lowest BCUT2D eigenvalue weighted by Gasteiger charge is -2.24. The molecule has 7 heteroatoms. The van der Waals surface area contributed by atoms with E-state index in [4.69, 9.17) is 9.47 Å². The highest BCUT2D eigenvalue weighted by molar-refractivity contribution is 5.99. The van der Waals surface area contributed by atoms with Crippen molar-refractivity contribution in [2.24, 2.45) is 0 Å². The molecule has 2 aliphatic rings. The molecule has 0 radical (unpaired) electrons. The fourth-order valence-electron chi connectivity index (χ4n) is 4.49. The first kappa shape index (κ1) is 23.1. The number of amides is 2. The van der Waals surface area contributed by atoms with Crippen LogP contribution in [0.4, 0.5) is 5.69 Å². The fraction of sp³-hybridized carbons (Fsp3) is 0.321. The van der Waals surface area contributed by atoms with Gasteiger partial charge in [0, 0.05) is 43.4 Å². The molecule has 0 bridgehead atoms. The van der Waals surface area contributed by atoms with E-state index in [1.165, 1.54) is 0 Å². The normalized spacial score (nSPS) is 17.5. The summed E-state index contributed by atoms with van der Waals surface area (Å²) in [7, 11) is 0. The zero-order chi connectivity index (χ0) is 24.0. The van der Waals surface area contributed by atoms with Crippen molar-refractivity contribution in [3.8, 4) is 5.75 Å². The van der Waals surface area contributed by atoms with Crippen molar-refractivity contribution >= 4 is 17.5 Å². The third-order valence-electron chi connectivity index (χ3n) is 6.33. The van der Waals surface area contributed by atoms with Gasteiger partial charge >= 0.3 is 0 Å². The minimum absolute atomic E-state index is 0.0952. The highest BCUT2D eigenvalue weighted by atomic mass is 16.5. The number of pyridine rings is 1. The first-order chi connectivity index (χ1) is 17.2. The van der Waals surface area contributed by atoms with Gasteiger partial charge in [-0.2, -0.15) is 0 Å². The van der Waals surface area contributed by atoms with Gasteiger partial charge in [-0.05, 0) is 54.4 Å². The van der Waals surface area contributed by atoms with Crippen LogP contribution < -0.4 is 9.64 Å². The molecule has 5 rings (SSSR count). The van der Waals surface area contributed by atoms with Gasteiger partial charge in [-0.1, -0.05) is 24.3 Å². The Hall–Kier alpha value is -3.71. The molecule has 180 valence electrons. The maximum absolute atomic E-state index is 13.7. The molecule has 2 amide bonds. The largest absolute Gasteiger partial charge is 0.488 e. The van der Waals surface area contributed by atoms with E-state index in [1.807, 2.05) is 60.7 Å². The number of anilines is 1. The van der Waals surface area contributed by atoms with Gasteiger partial charge in [-0.25, -0.2) is 0 Å². The lowest BCUT2D eigenvalue weighted by molar-refractivity contribution is -0.117. The minimum Gasteiger partial charge on any atom is -0.488 e. The summed E-state index contributed by atoms with van der Waals surface area (Å²) in [5.41, 5.74) is 3.14. The number of nitrogens with zero attached hydrogens (tertiary/aromatic N) is 3. The molecule has 2 fully saturated rings. The lowest BCUT2D eigenvalue weighted by atomic mass is 10.1. The molecule has 0 aliphatic carbocycles. The topological polar surface area (TPSA) is 72.0 Å². The molecule has 7 nitrogen and oxygen atoms in total. The van der Waals surface area contributed by atoms with E-state index < -0.39 is 0 Å². The van der Waals surface area contributed by atoms with Gasteiger partial charge in [0.2, 0.25) is 5.91 Å². The molecule has 2 saturated heterocycles. The third kappa shape index (κ3) is 5.69. The Labute approximate surface area is 205 Å². The average molecular weight is 472 g/mol. The van der Waals surface area contributed by atoms with E-state index in [9.17, 15) is 9.59 Å². The van der Waals surface area contributed by atoms with Gasteiger partial charge < -0.3 is 19.3 Å². The van der Waals surface area contributed by atoms with Crippen LogP contribution in [0.25, 0.3) is 0 Å². The third-order valence-corrected chi connectivity index (χ3v) is 6.33. The van der Waals surface area contributed by atoms with Gasteiger partial charge in [-0.3, -0.25) is 14.6 Å². The first-order valence-electron chi connectivity index (χ1n) is 12.1. The van der Waals surface area contributed by atoms with E-state index in [2.05, 4.69) is 4.98 Å². The van der Waals surface area contributed by atoms with Crippen molar-refractivity contribution < 1.29 is 19.1 Å². The zero-order valence-electron chi connectivity index (χ0n) is 19.6. The molecule has 1 unspecified atom stereocenters. The van der Waals surface area contributed by atoms with Gasteiger partial charge in [0.1, 0.15) is 11.9 Å². The first-order valence-corrected chi connectivity index (χ1v) is 12.1. The molecule has 0 N–H and O–H groups in total. The number of ether oxygens (including phenoxy) is 2. The molecule has 3 heterocycles. The summed E-state index contributed by atoms with van der Waals surface area (Å²) >= 11 is 0. The van der Waals surface area contributed by atoms with Crippen molar-refractivity contribution in [1.29, 1.82) is 0 Å². The second-order valence-electron chi connectivity index (χ2n) is 8.93. The summed E-state index contributed by atoms with van der Waals surface area (Å²) in [5.74, 6) is 0.800. The van der Waals surface area contributed by atoms with Crippen LogP contribution in [0, 0.1) is 0 Å². The molecule has 2 aliphatic heterocycles. The molecule has 0 spiro atoms. The molecule has 1 aromatic heterocycles. The molecule has 3 aromatic rings. The lowest BCUT2D eigenvalue weighted by Crippen LogP contribution is -2.31. The molecule has 2 aromatic carbocycles. The van der Waals surface area contributed by atoms with Gasteiger partial charge in [-0.15, -0.1) is 0 Å². The summed E-state index contributed by atoms with van der Waals surface area (Å²) < 4.78 is 11.4. The predicted molar refractivity (Wildman–Crippen MR) is 132 cm³/mol. The highest BCUT2D eigenvalue weighted by Crippen LogP contribution is 2.24. The number of hydrogen-bond donors (Lipinski definition) is 0. The number of aromatic nitrogens is 1. The SMILES string of the molecule is O=C(c1cccc(N2CCCC2=O)c1)N(Cc1ccc(OC2CCOC2)cc1)Cc1ccccn1. The van der Waals surface area contributed by atoms with Crippen LogP contribution in [0.2, 0.25) is 0 Å². The average Bonchev–Trinajstić information content (AvgIpc) is 3.57. The number of carbonyl (C=O) groups excluding carboxylic acids is 2. The van der Waals surface area contributed by atoms with Crippen LogP contribution in [0.3, 0.4) is 0 Å². The molecule has 0 saturated carbocycles. The van der Waals surface area contributed by atoms with Crippen molar-refractivity contribution in [3.05, 3.63) is 89.7 Å². The monoisotopic (exact) mass is 471 g/mol. The van der Waals surface area contributed by atoms with Crippen molar-refractivity contribution in [2.75, 3.05) is 24.7 Å². The van der Waals surface area contributed by atoms with E-state index in [1.54, 1.807) is 22.1 Å². The summed E-state index contributed by atoms with van der Waals surface area (Å²) in [4.78, 5) is 33.8. The Balaban J connectivity index is 1.35. The summed E-state index contributed by atoms with van der Waals surface area (Å²) in [6.07, 6.45) is 4.12. The zero-order valence-corrected chi connectivity index (χ0v) is 19.6. The van der Waals surface area contributed by atoms with E-state index in [-0.39, 0.29) is 17.9 Å². The van der Waals surface area contributed by atoms with E-state index in [0.717, 1.165) is 42.1 Å². The van der Waals surface area contributed by atoms with Crippen LogP contribution in [0.15, 0.2) is 72.9 Å². The molecular formula is C28H29N3O4. The highest BCUT2D eigenvalue weighted by Gasteiger charge is 2.24. The van der Waals surface area contributed by atoms with Gasteiger partial charge in [0.25, 0.3) is 5.91 Å². The number of rotatable bonds is 8. The molecular weight excluding hydrogens is 442 g/mol. The van der Waals surface area contributed by atoms with E-state index in [0.29, 0.717) is 38.2 Å². The summed E-state index contributed by atoms with van der Waals surface area (Å²) in [5, 5.41) is 0. The van der Waals surface area contributed by atoms with Gasteiger partial charge in [0.05, 0.1) is 25.5 Å². The van der Waals surface area contributed by atoms with Crippen molar-refractivity contribution in [2.45, 2.75) is 38.5 Å². The van der Waals surface area contributed by atoms with Crippen LogP contribution in [-0.2, 0) is 22.6 Å². The predicted octanol–water partition coefficient (Wildman–Crippen LogP) is 4.22. The second kappa shape index (κ2) is 10.7. The summed E-state index contributed by atoms with van der Waals surface area (Å²) in [6, 6.07) is 20.9. The van der Waals surface area contributed by atoms with E-state index >= 15 is 0 Å². The van der Waals surface area contributed by atoms with Crippen LogP contribution >= 0.6 is 0 Å².